The quantitative estimate of drug-likeness (QED) is 0.626. The monoisotopic (exact) mass is 263 g/mol. The van der Waals surface area contributed by atoms with Crippen LogP contribution in [-0.2, 0) is 16.2 Å². The maximum absolute atomic E-state index is 13.9. The third kappa shape index (κ3) is 1.50. The highest BCUT2D eigenvalue weighted by atomic mass is 19.1. The van der Waals surface area contributed by atoms with Crippen molar-refractivity contribution >= 4 is 16.9 Å². The lowest BCUT2D eigenvalue weighted by atomic mass is 9.99. The van der Waals surface area contributed by atoms with Crippen LogP contribution in [-0.4, -0.2) is 15.8 Å². The summed E-state index contributed by atoms with van der Waals surface area (Å²) < 4.78 is 15.3. The number of aromatic nitrogens is 1. The van der Waals surface area contributed by atoms with Crippen LogP contribution in [0.3, 0.4) is 0 Å². The predicted molar refractivity (Wildman–Crippen MR) is 64.4 cm³/mol. The lowest BCUT2D eigenvalue weighted by Gasteiger charge is -2.06. The molecule has 5 nitrogen and oxygen atoms in total. The molecule has 1 unspecified atom stereocenters. The van der Waals surface area contributed by atoms with Crippen molar-refractivity contribution in [2.45, 2.75) is 19.4 Å². The molecular weight excluding hydrogens is 253 g/mol. The van der Waals surface area contributed by atoms with Crippen LogP contribution < -0.4 is 5.56 Å². The Labute approximate surface area is 106 Å². The van der Waals surface area contributed by atoms with Gasteiger partial charge in [-0.15, -0.1) is 0 Å². The highest BCUT2D eigenvalue weighted by molar-refractivity contribution is 5.91. The minimum absolute atomic E-state index is 0.0212. The van der Waals surface area contributed by atoms with Crippen LogP contribution in [0.5, 0.6) is 0 Å². The second kappa shape index (κ2) is 3.89. The zero-order chi connectivity index (χ0) is 13.7. The van der Waals surface area contributed by atoms with Gasteiger partial charge >= 0.3 is 5.97 Å². The summed E-state index contributed by atoms with van der Waals surface area (Å²) in [6, 6.07) is 4.46. The summed E-state index contributed by atoms with van der Waals surface area (Å²) in [6.45, 7) is 1.64. The van der Waals surface area contributed by atoms with Crippen molar-refractivity contribution in [2.24, 2.45) is 0 Å². The normalized spacial score (nSPS) is 16.9. The maximum atomic E-state index is 13.9. The molecule has 6 heteroatoms. The van der Waals surface area contributed by atoms with Crippen LogP contribution in [0.1, 0.15) is 17.0 Å². The van der Waals surface area contributed by atoms with E-state index in [1.54, 1.807) is 19.1 Å². The number of nitrogens with zero attached hydrogens (tertiary/aromatic N) is 1. The molecule has 1 atom stereocenters. The number of rotatable bonds is 1. The third-order valence-corrected chi connectivity index (χ3v) is 3.51. The molecule has 1 aliphatic heterocycles. The Kier molecular flexibility index (Phi) is 2.43. The summed E-state index contributed by atoms with van der Waals surface area (Å²) in [5, 5.41) is 9.17. The molecule has 0 aliphatic carbocycles. The van der Waals surface area contributed by atoms with E-state index in [0.29, 0.717) is 16.5 Å². The summed E-state index contributed by atoms with van der Waals surface area (Å²) in [6.07, 6.45) is 0. The molecule has 0 bridgehead atoms. The SMILES string of the molecule is Cc1cc2ccc(F)c3c2n(c1=O)CC3C(=O)OO. The molecule has 0 spiro atoms. The van der Waals surface area contributed by atoms with Crippen molar-refractivity contribution in [2.75, 3.05) is 0 Å². The molecule has 1 aromatic heterocycles. The summed E-state index contributed by atoms with van der Waals surface area (Å²) in [5.74, 6) is -2.55. The van der Waals surface area contributed by atoms with E-state index in [9.17, 15) is 14.0 Å². The van der Waals surface area contributed by atoms with Crippen molar-refractivity contribution in [3.8, 4) is 0 Å². The summed E-state index contributed by atoms with van der Waals surface area (Å²) in [4.78, 5) is 27.3. The van der Waals surface area contributed by atoms with Gasteiger partial charge in [0, 0.05) is 17.7 Å². The standard InChI is InChI=1S/C13H10FNO4/c1-6-4-7-2-3-9(14)10-8(13(17)19-18)5-15(11(7)10)12(6)16/h2-4,8,18H,5H2,1H3. The summed E-state index contributed by atoms with van der Waals surface area (Å²) in [7, 11) is 0. The molecule has 0 amide bonds. The number of carbonyl (C=O) groups excluding carboxylic acids is 1. The van der Waals surface area contributed by atoms with Gasteiger partial charge in [-0.1, -0.05) is 0 Å². The molecular formula is C13H10FNO4. The maximum Gasteiger partial charge on any atom is 0.351 e. The largest absolute Gasteiger partial charge is 0.351 e. The second-order valence-electron chi connectivity index (χ2n) is 4.60. The molecule has 1 aliphatic rings. The molecule has 3 rings (SSSR count). The van der Waals surface area contributed by atoms with Crippen molar-refractivity contribution in [3.63, 3.8) is 0 Å². The summed E-state index contributed by atoms with van der Waals surface area (Å²) >= 11 is 0. The van der Waals surface area contributed by atoms with Gasteiger partial charge in [-0.25, -0.2) is 9.18 Å². The Hall–Kier alpha value is -2.21. The summed E-state index contributed by atoms with van der Waals surface area (Å²) in [5.41, 5.74) is 0.746. The van der Waals surface area contributed by atoms with E-state index in [2.05, 4.69) is 4.89 Å². The molecule has 2 heterocycles. The van der Waals surface area contributed by atoms with Gasteiger partial charge in [0.05, 0.1) is 5.52 Å². The zero-order valence-corrected chi connectivity index (χ0v) is 10.0. The number of halogens is 1. The molecule has 19 heavy (non-hydrogen) atoms. The first kappa shape index (κ1) is 11.9. The van der Waals surface area contributed by atoms with Crippen LogP contribution in [0.4, 0.5) is 4.39 Å². The second-order valence-corrected chi connectivity index (χ2v) is 4.60. The van der Waals surface area contributed by atoms with Gasteiger partial charge < -0.3 is 9.45 Å². The molecule has 1 aromatic carbocycles. The molecule has 0 saturated carbocycles. The molecule has 98 valence electrons. The van der Waals surface area contributed by atoms with E-state index in [1.807, 2.05) is 0 Å². The van der Waals surface area contributed by atoms with Gasteiger partial charge in [0.2, 0.25) is 0 Å². The number of aryl methyl sites for hydroxylation is 1. The molecule has 0 saturated heterocycles. The Morgan fingerprint density at radius 3 is 2.95 bits per heavy atom. The smallest absolute Gasteiger partial charge is 0.306 e. The Balaban J connectivity index is 2.41. The number of hydrogen-bond acceptors (Lipinski definition) is 4. The van der Waals surface area contributed by atoms with E-state index in [4.69, 9.17) is 5.26 Å². The van der Waals surface area contributed by atoms with Crippen molar-refractivity contribution in [3.05, 3.63) is 45.5 Å². The number of carbonyl (C=O) groups is 1. The number of benzene rings is 1. The van der Waals surface area contributed by atoms with Crippen LogP contribution in [0, 0.1) is 12.7 Å². The topological polar surface area (TPSA) is 68.5 Å². The Morgan fingerprint density at radius 2 is 2.26 bits per heavy atom. The van der Waals surface area contributed by atoms with Crippen molar-refractivity contribution < 1.29 is 19.3 Å². The number of pyridine rings is 1. The molecule has 0 fully saturated rings. The minimum Gasteiger partial charge on any atom is -0.306 e. The van der Waals surface area contributed by atoms with Crippen molar-refractivity contribution in [1.29, 1.82) is 0 Å². The van der Waals surface area contributed by atoms with Gasteiger partial charge in [-0.2, -0.15) is 5.26 Å². The van der Waals surface area contributed by atoms with Gasteiger partial charge in [0.1, 0.15) is 11.7 Å². The fourth-order valence-corrected chi connectivity index (χ4v) is 2.66. The van der Waals surface area contributed by atoms with Crippen LogP contribution in [0.15, 0.2) is 23.0 Å². The first-order valence-corrected chi connectivity index (χ1v) is 5.72. The van der Waals surface area contributed by atoms with E-state index in [1.165, 1.54) is 10.6 Å². The average molecular weight is 263 g/mol. The third-order valence-electron chi connectivity index (χ3n) is 3.51. The Bertz CT molecular complexity index is 765. The highest BCUT2D eigenvalue weighted by Crippen LogP contribution is 2.35. The highest BCUT2D eigenvalue weighted by Gasteiger charge is 2.35. The fourth-order valence-electron chi connectivity index (χ4n) is 2.66. The van der Waals surface area contributed by atoms with E-state index in [0.717, 1.165) is 0 Å². The van der Waals surface area contributed by atoms with Crippen molar-refractivity contribution in [1.82, 2.24) is 4.57 Å². The van der Waals surface area contributed by atoms with Crippen LogP contribution in [0.2, 0.25) is 0 Å². The Morgan fingerprint density at radius 1 is 1.53 bits per heavy atom. The molecule has 0 radical (unpaired) electrons. The van der Waals surface area contributed by atoms with Crippen LogP contribution in [0.25, 0.3) is 10.9 Å². The average Bonchev–Trinajstić information content (AvgIpc) is 2.80. The lowest BCUT2D eigenvalue weighted by molar-refractivity contribution is -0.236. The van der Waals surface area contributed by atoms with Gasteiger partial charge in [0.25, 0.3) is 5.56 Å². The van der Waals surface area contributed by atoms with Crippen LogP contribution >= 0.6 is 0 Å². The van der Waals surface area contributed by atoms with E-state index >= 15 is 0 Å². The van der Waals surface area contributed by atoms with Gasteiger partial charge in [0.15, 0.2) is 0 Å². The first-order valence-electron chi connectivity index (χ1n) is 5.72. The fraction of sp³-hybridized carbons (Fsp3) is 0.231. The van der Waals surface area contributed by atoms with E-state index < -0.39 is 17.7 Å². The zero-order valence-electron chi connectivity index (χ0n) is 10.0. The minimum atomic E-state index is -0.997. The lowest BCUT2D eigenvalue weighted by Crippen LogP contribution is -2.23. The predicted octanol–water partition coefficient (Wildman–Crippen LogP) is 1.56. The molecule has 1 N–H and O–H groups in total. The van der Waals surface area contributed by atoms with Gasteiger partial charge in [-0.05, 0) is 30.5 Å². The molecule has 2 aromatic rings. The first-order chi connectivity index (χ1) is 9.04. The van der Waals surface area contributed by atoms with Gasteiger partial charge in [-0.3, -0.25) is 4.79 Å². The van der Waals surface area contributed by atoms with E-state index in [-0.39, 0.29) is 17.7 Å². The number of hydrogen-bond donors (Lipinski definition) is 1.